The van der Waals surface area contributed by atoms with Gasteiger partial charge >= 0.3 is 0 Å². The second kappa shape index (κ2) is 6.93. The van der Waals surface area contributed by atoms with Crippen LogP contribution in [0.25, 0.3) is 0 Å². The Hall–Kier alpha value is -2.56. The molecule has 1 amide bonds. The normalized spacial score (nSPS) is 11.6. The molecule has 1 heterocycles. The van der Waals surface area contributed by atoms with Crippen LogP contribution >= 0.6 is 0 Å². The van der Waals surface area contributed by atoms with E-state index in [0.29, 0.717) is 17.1 Å². The summed E-state index contributed by atoms with van der Waals surface area (Å²) in [5.41, 5.74) is 2.35. The molecule has 0 radical (unpaired) electrons. The first-order valence-corrected chi connectivity index (χ1v) is 7.00. The molecule has 0 saturated carbocycles. The summed E-state index contributed by atoms with van der Waals surface area (Å²) in [6.07, 6.45) is 1.63. The average Bonchev–Trinajstić information content (AvgIpc) is 2.54. The zero-order valence-corrected chi connectivity index (χ0v) is 13.2. The van der Waals surface area contributed by atoms with Crippen LogP contribution in [-0.2, 0) is 0 Å². The molecule has 0 saturated heterocycles. The lowest BCUT2D eigenvalue weighted by atomic mass is 10.1. The average molecular weight is 300 g/mol. The minimum absolute atomic E-state index is 0.132. The molecule has 0 aliphatic carbocycles. The van der Waals surface area contributed by atoms with Gasteiger partial charge in [-0.25, -0.2) is 0 Å². The van der Waals surface area contributed by atoms with Gasteiger partial charge in [0.2, 0.25) is 0 Å². The third kappa shape index (κ3) is 3.55. The molecule has 2 rings (SSSR count). The largest absolute Gasteiger partial charge is 0.493 e. The van der Waals surface area contributed by atoms with Crippen molar-refractivity contribution in [3.63, 3.8) is 0 Å². The number of methoxy groups -OCH3 is 2. The fourth-order valence-corrected chi connectivity index (χ4v) is 2.17. The van der Waals surface area contributed by atoms with Gasteiger partial charge in [-0.1, -0.05) is 6.07 Å². The molecule has 0 aliphatic heterocycles. The maximum absolute atomic E-state index is 12.3. The van der Waals surface area contributed by atoms with Crippen LogP contribution < -0.4 is 14.8 Å². The predicted molar refractivity (Wildman–Crippen MR) is 84.4 cm³/mol. The Morgan fingerprint density at radius 2 is 1.86 bits per heavy atom. The van der Waals surface area contributed by atoms with E-state index in [1.165, 1.54) is 0 Å². The number of aromatic nitrogens is 1. The van der Waals surface area contributed by atoms with Gasteiger partial charge in [-0.2, -0.15) is 0 Å². The number of amides is 1. The molecule has 0 bridgehead atoms. The summed E-state index contributed by atoms with van der Waals surface area (Å²) >= 11 is 0. The highest BCUT2D eigenvalue weighted by Gasteiger charge is 2.14. The van der Waals surface area contributed by atoms with Gasteiger partial charge in [0.05, 0.1) is 20.3 Å². The number of pyridine rings is 1. The van der Waals surface area contributed by atoms with Crippen molar-refractivity contribution in [3.05, 3.63) is 53.3 Å². The second-order valence-electron chi connectivity index (χ2n) is 5.00. The summed E-state index contributed by atoms with van der Waals surface area (Å²) in [6, 6.07) is 8.90. The standard InChI is InChI=1S/C17H20N2O3/c1-11-9-14(7-8-18-11)17(20)19-12(2)13-5-6-15(21-3)16(10-13)22-4/h5-10,12H,1-4H3,(H,19,20). The number of carbonyl (C=O) groups is 1. The Bertz CT molecular complexity index is 671. The number of nitrogens with one attached hydrogen (secondary N) is 1. The van der Waals surface area contributed by atoms with E-state index in [0.717, 1.165) is 11.3 Å². The van der Waals surface area contributed by atoms with E-state index in [4.69, 9.17) is 9.47 Å². The van der Waals surface area contributed by atoms with Gasteiger partial charge in [-0.05, 0) is 43.7 Å². The monoisotopic (exact) mass is 300 g/mol. The first kappa shape index (κ1) is 15.8. The molecule has 0 spiro atoms. The maximum Gasteiger partial charge on any atom is 0.251 e. The lowest BCUT2D eigenvalue weighted by molar-refractivity contribution is 0.0939. The molecule has 116 valence electrons. The Morgan fingerprint density at radius 3 is 2.50 bits per heavy atom. The summed E-state index contributed by atoms with van der Waals surface area (Å²) in [6.45, 7) is 3.78. The molecular formula is C17H20N2O3. The molecule has 5 heteroatoms. The number of hydrogen-bond donors (Lipinski definition) is 1. The van der Waals surface area contributed by atoms with Crippen LogP contribution in [0.4, 0.5) is 0 Å². The molecular weight excluding hydrogens is 280 g/mol. The van der Waals surface area contributed by atoms with Crippen LogP contribution in [-0.4, -0.2) is 25.1 Å². The smallest absolute Gasteiger partial charge is 0.251 e. The zero-order chi connectivity index (χ0) is 16.1. The molecule has 2 aromatic rings. The number of aryl methyl sites for hydroxylation is 1. The molecule has 0 fully saturated rings. The molecule has 1 aromatic carbocycles. The summed E-state index contributed by atoms with van der Waals surface area (Å²) < 4.78 is 10.5. The SMILES string of the molecule is COc1ccc(C(C)NC(=O)c2ccnc(C)c2)cc1OC. The van der Waals surface area contributed by atoms with Crippen molar-refractivity contribution >= 4 is 5.91 Å². The van der Waals surface area contributed by atoms with Crippen molar-refractivity contribution in [2.75, 3.05) is 14.2 Å². The van der Waals surface area contributed by atoms with Gasteiger partial charge in [0, 0.05) is 17.5 Å². The van der Waals surface area contributed by atoms with Crippen molar-refractivity contribution in [2.24, 2.45) is 0 Å². The summed E-state index contributed by atoms with van der Waals surface area (Å²) in [7, 11) is 3.18. The van der Waals surface area contributed by atoms with Crippen LogP contribution in [0.15, 0.2) is 36.5 Å². The molecule has 1 aromatic heterocycles. The number of carbonyl (C=O) groups excluding carboxylic acids is 1. The van der Waals surface area contributed by atoms with E-state index in [1.807, 2.05) is 32.0 Å². The minimum Gasteiger partial charge on any atom is -0.493 e. The Balaban J connectivity index is 2.15. The Kier molecular flexibility index (Phi) is 4.99. The first-order valence-electron chi connectivity index (χ1n) is 7.00. The topological polar surface area (TPSA) is 60.5 Å². The quantitative estimate of drug-likeness (QED) is 0.922. The summed E-state index contributed by atoms with van der Waals surface area (Å²) in [5, 5.41) is 2.97. The van der Waals surface area contributed by atoms with Gasteiger partial charge in [0.15, 0.2) is 11.5 Å². The van der Waals surface area contributed by atoms with Gasteiger partial charge < -0.3 is 14.8 Å². The highest BCUT2D eigenvalue weighted by molar-refractivity contribution is 5.94. The fraction of sp³-hybridized carbons (Fsp3) is 0.294. The van der Waals surface area contributed by atoms with Crippen molar-refractivity contribution < 1.29 is 14.3 Å². The first-order chi connectivity index (χ1) is 10.5. The maximum atomic E-state index is 12.3. The summed E-state index contributed by atoms with van der Waals surface area (Å²) in [5.74, 6) is 1.17. The molecule has 5 nitrogen and oxygen atoms in total. The Labute approximate surface area is 130 Å². The van der Waals surface area contributed by atoms with Gasteiger partial charge in [0.25, 0.3) is 5.91 Å². The molecule has 0 aliphatic rings. The highest BCUT2D eigenvalue weighted by Crippen LogP contribution is 2.29. The van der Waals surface area contributed by atoms with E-state index >= 15 is 0 Å². The molecule has 22 heavy (non-hydrogen) atoms. The van der Waals surface area contributed by atoms with Gasteiger partial charge in [0.1, 0.15) is 0 Å². The second-order valence-corrected chi connectivity index (χ2v) is 5.00. The van der Waals surface area contributed by atoms with Crippen molar-refractivity contribution in [1.82, 2.24) is 10.3 Å². The van der Waals surface area contributed by atoms with Gasteiger partial charge in [-0.3, -0.25) is 9.78 Å². The number of rotatable bonds is 5. The van der Waals surface area contributed by atoms with E-state index in [9.17, 15) is 4.79 Å². The lowest BCUT2D eigenvalue weighted by Gasteiger charge is -2.16. The van der Waals surface area contributed by atoms with Crippen molar-refractivity contribution in [2.45, 2.75) is 19.9 Å². The van der Waals surface area contributed by atoms with Crippen LogP contribution in [0.5, 0.6) is 11.5 Å². The van der Waals surface area contributed by atoms with E-state index in [-0.39, 0.29) is 11.9 Å². The molecule has 1 unspecified atom stereocenters. The zero-order valence-electron chi connectivity index (χ0n) is 13.2. The number of hydrogen-bond acceptors (Lipinski definition) is 4. The molecule has 1 N–H and O–H groups in total. The van der Waals surface area contributed by atoms with Crippen molar-refractivity contribution in [3.8, 4) is 11.5 Å². The lowest BCUT2D eigenvalue weighted by Crippen LogP contribution is -2.26. The van der Waals surface area contributed by atoms with E-state index in [1.54, 1.807) is 32.5 Å². The van der Waals surface area contributed by atoms with Crippen LogP contribution in [0, 0.1) is 6.92 Å². The van der Waals surface area contributed by atoms with Crippen LogP contribution in [0.1, 0.15) is 34.6 Å². The third-order valence-corrected chi connectivity index (χ3v) is 3.41. The van der Waals surface area contributed by atoms with Gasteiger partial charge in [-0.15, -0.1) is 0 Å². The summed E-state index contributed by atoms with van der Waals surface area (Å²) in [4.78, 5) is 16.4. The minimum atomic E-state index is -0.152. The van der Waals surface area contributed by atoms with E-state index < -0.39 is 0 Å². The molecule has 1 atom stereocenters. The third-order valence-electron chi connectivity index (χ3n) is 3.41. The fourth-order valence-electron chi connectivity index (χ4n) is 2.17. The highest BCUT2D eigenvalue weighted by atomic mass is 16.5. The van der Waals surface area contributed by atoms with Crippen molar-refractivity contribution in [1.29, 1.82) is 0 Å². The number of ether oxygens (including phenoxy) is 2. The van der Waals surface area contributed by atoms with Crippen LogP contribution in [0.3, 0.4) is 0 Å². The Morgan fingerprint density at radius 1 is 1.14 bits per heavy atom. The predicted octanol–water partition coefficient (Wildman–Crippen LogP) is 2.90. The number of nitrogens with zero attached hydrogens (tertiary/aromatic N) is 1. The van der Waals surface area contributed by atoms with Crippen LogP contribution in [0.2, 0.25) is 0 Å². The number of benzene rings is 1. The van der Waals surface area contributed by atoms with E-state index in [2.05, 4.69) is 10.3 Å².